The van der Waals surface area contributed by atoms with Crippen LogP contribution in [-0.4, -0.2) is 69.3 Å². The lowest BCUT2D eigenvalue weighted by molar-refractivity contribution is 0.0924. The average molecular weight is 509 g/mol. The lowest BCUT2D eigenvalue weighted by atomic mass is 10.0. The van der Waals surface area contributed by atoms with Gasteiger partial charge in [0, 0.05) is 37.6 Å². The van der Waals surface area contributed by atoms with Gasteiger partial charge in [-0.15, -0.1) is 11.3 Å². The van der Waals surface area contributed by atoms with Crippen LogP contribution in [0.25, 0.3) is 0 Å². The standard InChI is InChI=1S/C22H28N4O6S2/c1-5-26-12-11-16-17(13-26)33-21(18(16)20(28)24-22(29)32-6-2)23-19(27)14-7-9-15(10-8-14)34(30,31)25(3)4/h7-10H,5-6,11-13H2,1-4H3,(H,23,27)(H,24,28,29). The number of anilines is 1. The third-order valence-corrected chi connectivity index (χ3v) is 8.38. The second-order valence-corrected chi connectivity index (χ2v) is 11.0. The van der Waals surface area contributed by atoms with E-state index in [0.717, 1.165) is 27.8 Å². The highest BCUT2D eigenvalue weighted by Gasteiger charge is 2.29. The molecule has 184 valence electrons. The Morgan fingerprint density at radius 2 is 1.79 bits per heavy atom. The van der Waals surface area contributed by atoms with Gasteiger partial charge in [-0.25, -0.2) is 17.5 Å². The number of benzene rings is 1. The average Bonchev–Trinajstić information content (AvgIpc) is 3.15. The molecule has 2 aromatic rings. The molecular weight excluding hydrogens is 480 g/mol. The third-order valence-electron chi connectivity index (χ3n) is 5.42. The lowest BCUT2D eigenvalue weighted by Crippen LogP contribution is -2.34. The number of carbonyl (C=O) groups excluding carboxylic acids is 3. The first-order valence-electron chi connectivity index (χ1n) is 10.8. The Bertz CT molecular complexity index is 1190. The van der Waals surface area contributed by atoms with Gasteiger partial charge in [0.15, 0.2) is 0 Å². The molecule has 3 rings (SSSR count). The Morgan fingerprint density at radius 3 is 2.38 bits per heavy atom. The van der Waals surface area contributed by atoms with Gasteiger partial charge in [-0.2, -0.15) is 0 Å². The van der Waals surface area contributed by atoms with E-state index in [0.29, 0.717) is 18.0 Å². The zero-order chi connectivity index (χ0) is 25.0. The highest BCUT2D eigenvalue weighted by molar-refractivity contribution is 7.89. The van der Waals surface area contributed by atoms with Crippen molar-refractivity contribution in [2.24, 2.45) is 0 Å². The Hall–Kier alpha value is -2.80. The fourth-order valence-corrected chi connectivity index (χ4v) is 5.73. The van der Waals surface area contributed by atoms with E-state index in [1.165, 1.54) is 49.7 Å². The maximum atomic E-state index is 12.9. The molecule has 0 atom stereocenters. The maximum absolute atomic E-state index is 12.9. The van der Waals surface area contributed by atoms with Crippen molar-refractivity contribution in [3.05, 3.63) is 45.8 Å². The predicted molar refractivity (Wildman–Crippen MR) is 129 cm³/mol. The van der Waals surface area contributed by atoms with Crippen LogP contribution in [0.3, 0.4) is 0 Å². The molecule has 0 fully saturated rings. The summed E-state index contributed by atoms with van der Waals surface area (Å²) in [6, 6.07) is 5.54. The molecule has 1 aromatic heterocycles. The Balaban J connectivity index is 1.89. The molecule has 0 unspecified atom stereocenters. The van der Waals surface area contributed by atoms with Crippen LogP contribution in [0.1, 0.15) is 45.0 Å². The van der Waals surface area contributed by atoms with Gasteiger partial charge in [0.25, 0.3) is 11.8 Å². The number of likely N-dealkylation sites (N-methyl/N-ethyl adjacent to an activating group) is 1. The number of sulfonamides is 1. The molecule has 0 saturated carbocycles. The highest BCUT2D eigenvalue weighted by atomic mass is 32.2. The normalized spacial score (nSPS) is 13.9. The molecule has 0 aliphatic carbocycles. The number of carbonyl (C=O) groups is 3. The van der Waals surface area contributed by atoms with Gasteiger partial charge in [0.2, 0.25) is 10.0 Å². The number of amides is 3. The van der Waals surface area contributed by atoms with Crippen molar-refractivity contribution >= 4 is 44.3 Å². The largest absolute Gasteiger partial charge is 0.450 e. The molecule has 0 bridgehead atoms. The minimum absolute atomic E-state index is 0.0646. The summed E-state index contributed by atoms with van der Waals surface area (Å²) in [5.41, 5.74) is 1.29. The van der Waals surface area contributed by atoms with Gasteiger partial charge in [-0.05, 0) is 49.7 Å². The van der Waals surface area contributed by atoms with Crippen LogP contribution in [0.15, 0.2) is 29.2 Å². The van der Waals surface area contributed by atoms with Gasteiger partial charge in [0.1, 0.15) is 5.00 Å². The van der Waals surface area contributed by atoms with E-state index in [1.807, 2.05) is 0 Å². The van der Waals surface area contributed by atoms with Crippen LogP contribution >= 0.6 is 11.3 Å². The molecule has 12 heteroatoms. The van der Waals surface area contributed by atoms with Crippen molar-refractivity contribution in [1.82, 2.24) is 14.5 Å². The molecule has 0 saturated heterocycles. The van der Waals surface area contributed by atoms with Gasteiger partial charge >= 0.3 is 6.09 Å². The number of hydrogen-bond donors (Lipinski definition) is 2. The van der Waals surface area contributed by atoms with Crippen LogP contribution in [0.2, 0.25) is 0 Å². The van der Waals surface area contributed by atoms with Gasteiger partial charge in [-0.3, -0.25) is 19.8 Å². The number of rotatable bonds is 7. The van der Waals surface area contributed by atoms with Crippen LogP contribution in [0.5, 0.6) is 0 Å². The SMILES string of the molecule is CCOC(=O)NC(=O)c1c(NC(=O)c2ccc(S(=O)(=O)N(C)C)cc2)sc2c1CCN(CC)C2. The molecule has 1 aromatic carbocycles. The summed E-state index contributed by atoms with van der Waals surface area (Å²) < 4.78 is 30.4. The first-order valence-corrected chi connectivity index (χ1v) is 13.0. The summed E-state index contributed by atoms with van der Waals surface area (Å²) in [6.07, 6.45) is -0.244. The first-order chi connectivity index (χ1) is 16.1. The first kappa shape index (κ1) is 25.8. The number of alkyl carbamates (subject to hydrolysis) is 1. The van der Waals surface area contributed by atoms with Crippen molar-refractivity contribution in [3.63, 3.8) is 0 Å². The Morgan fingerprint density at radius 1 is 1.12 bits per heavy atom. The van der Waals surface area contributed by atoms with Crippen LogP contribution in [-0.2, 0) is 27.7 Å². The molecule has 1 aliphatic heterocycles. The summed E-state index contributed by atoms with van der Waals surface area (Å²) in [4.78, 5) is 40.9. The van der Waals surface area contributed by atoms with E-state index in [9.17, 15) is 22.8 Å². The predicted octanol–water partition coefficient (Wildman–Crippen LogP) is 2.52. The van der Waals surface area contributed by atoms with E-state index >= 15 is 0 Å². The van der Waals surface area contributed by atoms with Crippen molar-refractivity contribution < 1.29 is 27.5 Å². The molecule has 1 aliphatic rings. The molecule has 2 N–H and O–H groups in total. The van der Waals surface area contributed by atoms with Crippen molar-refractivity contribution in [3.8, 4) is 0 Å². The van der Waals surface area contributed by atoms with Gasteiger partial charge in [0.05, 0.1) is 17.1 Å². The minimum atomic E-state index is -3.62. The number of thiophene rings is 1. The van der Waals surface area contributed by atoms with E-state index < -0.39 is 27.9 Å². The molecule has 3 amide bonds. The number of nitrogens with zero attached hydrogens (tertiary/aromatic N) is 2. The van der Waals surface area contributed by atoms with Crippen LogP contribution in [0, 0.1) is 0 Å². The molecule has 34 heavy (non-hydrogen) atoms. The van der Waals surface area contributed by atoms with E-state index in [-0.39, 0.29) is 22.6 Å². The second-order valence-electron chi connectivity index (χ2n) is 7.77. The highest BCUT2D eigenvalue weighted by Crippen LogP contribution is 2.37. The van der Waals surface area contributed by atoms with Crippen molar-refractivity contribution in [2.75, 3.05) is 39.1 Å². The summed E-state index contributed by atoms with van der Waals surface area (Å²) in [7, 11) is -0.765. The van der Waals surface area contributed by atoms with Crippen LogP contribution < -0.4 is 10.6 Å². The number of hydrogen-bond acceptors (Lipinski definition) is 8. The number of imide groups is 1. The lowest BCUT2D eigenvalue weighted by Gasteiger charge is -2.25. The zero-order valence-corrected chi connectivity index (χ0v) is 21.1. The van der Waals surface area contributed by atoms with E-state index in [2.05, 4.69) is 22.5 Å². The van der Waals surface area contributed by atoms with Gasteiger partial charge < -0.3 is 10.1 Å². The van der Waals surface area contributed by atoms with E-state index in [1.54, 1.807) is 6.92 Å². The Kier molecular flexibility index (Phi) is 8.08. The molecule has 2 heterocycles. The molecule has 10 nitrogen and oxygen atoms in total. The quantitative estimate of drug-likeness (QED) is 0.589. The second kappa shape index (κ2) is 10.6. The summed E-state index contributed by atoms with van der Waals surface area (Å²) in [5, 5.41) is 5.32. The monoisotopic (exact) mass is 508 g/mol. The topological polar surface area (TPSA) is 125 Å². The number of nitrogens with one attached hydrogen (secondary N) is 2. The number of ether oxygens (including phenoxy) is 1. The third kappa shape index (κ3) is 5.46. The fraction of sp³-hybridized carbons (Fsp3) is 0.409. The summed E-state index contributed by atoms with van der Waals surface area (Å²) in [6.45, 7) is 6.06. The smallest absolute Gasteiger partial charge is 0.414 e. The molecule has 0 radical (unpaired) electrons. The van der Waals surface area contributed by atoms with Crippen molar-refractivity contribution in [2.45, 2.75) is 31.7 Å². The summed E-state index contributed by atoms with van der Waals surface area (Å²) in [5.74, 6) is -1.13. The number of fused-ring (bicyclic) bond motifs is 1. The van der Waals surface area contributed by atoms with E-state index in [4.69, 9.17) is 4.74 Å². The van der Waals surface area contributed by atoms with Gasteiger partial charge in [-0.1, -0.05) is 6.92 Å². The van der Waals surface area contributed by atoms with Crippen molar-refractivity contribution in [1.29, 1.82) is 0 Å². The fourth-order valence-electron chi connectivity index (χ4n) is 3.54. The minimum Gasteiger partial charge on any atom is -0.450 e. The van der Waals surface area contributed by atoms with Crippen LogP contribution in [0.4, 0.5) is 9.80 Å². The zero-order valence-electron chi connectivity index (χ0n) is 19.5. The molecular formula is C22H28N4O6S2. The Labute approximate surface area is 202 Å². The molecule has 0 spiro atoms. The maximum Gasteiger partial charge on any atom is 0.414 e. The summed E-state index contributed by atoms with van der Waals surface area (Å²) >= 11 is 1.30.